The third-order valence-corrected chi connectivity index (χ3v) is 0.808. The van der Waals surface area contributed by atoms with Crippen molar-refractivity contribution >= 4 is 0 Å². The molecule has 1 nitrogen and oxygen atoms in total. The van der Waals surface area contributed by atoms with Gasteiger partial charge in [0, 0.05) is 22.4 Å². The second-order valence-corrected chi connectivity index (χ2v) is 1.50. The van der Waals surface area contributed by atoms with Gasteiger partial charge in [-0.15, -0.1) is 0 Å². The van der Waals surface area contributed by atoms with Gasteiger partial charge < -0.3 is 5.73 Å². The Morgan fingerprint density at radius 2 is 1.86 bits per heavy atom. The van der Waals surface area contributed by atoms with Gasteiger partial charge in [-0.2, -0.15) is 0 Å². The molecule has 0 fully saturated rings. The number of hydrogen-bond acceptors (Lipinski definition) is 1. The summed E-state index contributed by atoms with van der Waals surface area (Å²) in [6, 6.07) is 0. The van der Waals surface area contributed by atoms with Crippen molar-refractivity contribution in [3.63, 3.8) is 0 Å². The average molecular weight is 284 g/mol. The van der Waals surface area contributed by atoms with Gasteiger partial charge in [0.2, 0.25) is 0 Å². The summed E-state index contributed by atoms with van der Waals surface area (Å²) in [7, 11) is 0. The molecule has 0 unspecified atom stereocenters. The first kappa shape index (κ1) is 10.6. The van der Waals surface area contributed by atoms with Crippen LogP contribution in [0, 0.1) is 0 Å². The zero-order valence-corrected chi connectivity index (χ0v) is 6.87. The van der Waals surface area contributed by atoms with E-state index in [4.69, 9.17) is 5.73 Å². The topological polar surface area (TPSA) is 26.0 Å². The average Bonchev–Trinajstić information content (AvgIpc) is 1.61. The summed E-state index contributed by atoms with van der Waals surface area (Å²) in [5.41, 5.74) is 5.21. The van der Waals surface area contributed by atoms with Gasteiger partial charge in [-0.1, -0.05) is 19.8 Å². The first-order valence-electron chi connectivity index (χ1n) is 2.62. The van der Waals surface area contributed by atoms with Crippen molar-refractivity contribution in [3.8, 4) is 0 Å². The molecule has 7 heavy (non-hydrogen) atoms. The zero-order valence-electron chi connectivity index (χ0n) is 4.71. The van der Waals surface area contributed by atoms with Crippen LogP contribution in [0.2, 0.25) is 0 Å². The van der Waals surface area contributed by atoms with E-state index in [0.29, 0.717) is 0 Å². The summed E-state index contributed by atoms with van der Waals surface area (Å²) in [4.78, 5) is 0. The maximum absolute atomic E-state index is 5.21. The largest absolute Gasteiger partial charge is 0.330 e. The summed E-state index contributed by atoms with van der Waals surface area (Å²) in [5.74, 6) is 0. The first-order valence-corrected chi connectivity index (χ1v) is 2.62. The minimum Gasteiger partial charge on any atom is -0.330 e. The van der Waals surface area contributed by atoms with E-state index in [1.54, 1.807) is 0 Å². The van der Waals surface area contributed by atoms with E-state index < -0.39 is 0 Å². The molecule has 0 amide bonds. The molecular formula is C5H13AuN. The van der Waals surface area contributed by atoms with E-state index >= 15 is 0 Å². The molecule has 0 aromatic heterocycles. The minimum atomic E-state index is 0. The van der Waals surface area contributed by atoms with Crippen LogP contribution in [0.3, 0.4) is 0 Å². The second kappa shape index (κ2) is 9.85. The Kier molecular flexibility index (Phi) is 15.0. The maximum Gasteiger partial charge on any atom is 0 e. The molecule has 0 atom stereocenters. The van der Waals surface area contributed by atoms with E-state index in [1.807, 2.05) is 0 Å². The molecule has 0 saturated heterocycles. The SMILES string of the molecule is CCCCCN.[Au]. The number of nitrogens with two attached hydrogens (primary N) is 1. The smallest absolute Gasteiger partial charge is 0 e. The quantitative estimate of drug-likeness (QED) is 0.610. The Morgan fingerprint density at radius 3 is 2.00 bits per heavy atom. The van der Waals surface area contributed by atoms with E-state index in [1.165, 1.54) is 19.3 Å². The van der Waals surface area contributed by atoms with Crippen molar-refractivity contribution in [2.45, 2.75) is 26.2 Å². The molecule has 0 heterocycles. The van der Waals surface area contributed by atoms with Crippen LogP contribution in [0.1, 0.15) is 26.2 Å². The summed E-state index contributed by atoms with van der Waals surface area (Å²) >= 11 is 0. The van der Waals surface area contributed by atoms with E-state index in [9.17, 15) is 0 Å². The van der Waals surface area contributed by atoms with Crippen molar-refractivity contribution in [3.05, 3.63) is 0 Å². The first-order chi connectivity index (χ1) is 2.91. The summed E-state index contributed by atoms with van der Waals surface area (Å²) in [5, 5.41) is 0. The Labute approximate surface area is 61.2 Å². The molecule has 0 spiro atoms. The molecule has 2 heteroatoms. The zero-order chi connectivity index (χ0) is 4.83. The normalized spacial score (nSPS) is 7.71. The summed E-state index contributed by atoms with van der Waals surface area (Å²) in [6.07, 6.45) is 3.75. The maximum atomic E-state index is 5.21. The Bertz CT molecular complexity index is 20.0. The molecule has 49 valence electrons. The number of unbranched alkanes of at least 4 members (excludes halogenated alkanes) is 2. The molecule has 0 bridgehead atoms. The molecule has 0 aliphatic rings. The van der Waals surface area contributed by atoms with E-state index in [-0.39, 0.29) is 22.4 Å². The number of rotatable bonds is 3. The molecule has 2 N–H and O–H groups in total. The molecule has 0 aromatic carbocycles. The fourth-order valence-corrected chi connectivity index (χ4v) is 0.394. The Balaban J connectivity index is 0. The molecular weight excluding hydrogens is 271 g/mol. The van der Waals surface area contributed by atoms with Crippen LogP contribution in [-0.4, -0.2) is 6.54 Å². The standard InChI is InChI=1S/C5H13N.Au/c1-2-3-4-5-6;/h2-6H2,1H3;. The number of hydrogen-bond donors (Lipinski definition) is 1. The Morgan fingerprint density at radius 1 is 1.29 bits per heavy atom. The van der Waals surface area contributed by atoms with Gasteiger partial charge in [0.25, 0.3) is 0 Å². The van der Waals surface area contributed by atoms with Crippen molar-refractivity contribution in [1.82, 2.24) is 0 Å². The van der Waals surface area contributed by atoms with Crippen LogP contribution < -0.4 is 5.73 Å². The van der Waals surface area contributed by atoms with Crippen molar-refractivity contribution < 1.29 is 22.4 Å². The predicted molar refractivity (Wildman–Crippen MR) is 28.6 cm³/mol. The third-order valence-electron chi connectivity index (χ3n) is 0.808. The minimum absolute atomic E-state index is 0. The summed E-state index contributed by atoms with van der Waals surface area (Å²) in [6.45, 7) is 3.03. The van der Waals surface area contributed by atoms with Crippen LogP contribution in [0.25, 0.3) is 0 Å². The third kappa shape index (κ3) is 10.8. The van der Waals surface area contributed by atoms with Gasteiger partial charge in [-0.3, -0.25) is 0 Å². The molecule has 0 rings (SSSR count). The van der Waals surface area contributed by atoms with Gasteiger partial charge in [0.1, 0.15) is 0 Å². The van der Waals surface area contributed by atoms with Gasteiger partial charge in [0.15, 0.2) is 0 Å². The van der Waals surface area contributed by atoms with Crippen molar-refractivity contribution in [2.75, 3.05) is 6.54 Å². The predicted octanol–water partition coefficient (Wildman–Crippen LogP) is 1.13. The Hall–Kier alpha value is 0.700. The van der Waals surface area contributed by atoms with Gasteiger partial charge >= 0.3 is 0 Å². The van der Waals surface area contributed by atoms with Crippen LogP contribution >= 0.6 is 0 Å². The fourth-order valence-electron chi connectivity index (χ4n) is 0.394. The molecule has 1 radical (unpaired) electrons. The van der Waals surface area contributed by atoms with Crippen LogP contribution in [0.15, 0.2) is 0 Å². The van der Waals surface area contributed by atoms with E-state index in [2.05, 4.69) is 6.92 Å². The molecule has 0 aliphatic heterocycles. The molecule has 0 aromatic rings. The fraction of sp³-hybridized carbons (Fsp3) is 1.00. The second-order valence-electron chi connectivity index (χ2n) is 1.50. The monoisotopic (exact) mass is 284 g/mol. The van der Waals surface area contributed by atoms with Crippen molar-refractivity contribution in [1.29, 1.82) is 0 Å². The summed E-state index contributed by atoms with van der Waals surface area (Å²) < 4.78 is 0. The van der Waals surface area contributed by atoms with E-state index in [0.717, 1.165) is 6.54 Å². The van der Waals surface area contributed by atoms with Crippen LogP contribution in [-0.2, 0) is 22.4 Å². The van der Waals surface area contributed by atoms with Crippen LogP contribution in [0.4, 0.5) is 0 Å². The van der Waals surface area contributed by atoms with Gasteiger partial charge in [0.05, 0.1) is 0 Å². The van der Waals surface area contributed by atoms with Crippen molar-refractivity contribution in [2.24, 2.45) is 5.73 Å². The van der Waals surface area contributed by atoms with Gasteiger partial charge in [-0.25, -0.2) is 0 Å². The molecule has 0 saturated carbocycles. The molecule has 0 aliphatic carbocycles. The van der Waals surface area contributed by atoms with Crippen LogP contribution in [0.5, 0.6) is 0 Å². The van der Waals surface area contributed by atoms with Gasteiger partial charge in [-0.05, 0) is 13.0 Å².